The Morgan fingerprint density at radius 1 is 1.23 bits per heavy atom. The second kappa shape index (κ2) is 7.17. The maximum atomic E-state index is 11.1. The second-order valence-electron chi connectivity index (χ2n) is 6.76. The molecule has 1 atom stereocenters. The van der Waals surface area contributed by atoms with Gasteiger partial charge in [0, 0.05) is 19.0 Å². The van der Waals surface area contributed by atoms with Crippen LogP contribution in [0.25, 0.3) is 11.0 Å². The lowest BCUT2D eigenvalue weighted by Gasteiger charge is -2.31. The monoisotopic (exact) mass is 350 g/mol. The number of carbonyl (C=O) groups is 1. The fraction of sp³-hybridized carbons (Fsp3) is 0.300. The van der Waals surface area contributed by atoms with Crippen molar-refractivity contribution in [1.82, 2.24) is 14.9 Å². The zero-order valence-corrected chi connectivity index (χ0v) is 14.5. The molecule has 0 spiro atoms. The third kappa shape index (κ3) is 3.55. The Hall–Kier alpha value is -2.86. The van der Waals surface area contributed by atoms with Crippen LogP contribution in [0.15, 0.2) is 48.5 Å². The maximum absolute atomic E-state index is 11.1. The summed E-state index contributed by atoms with van der Waals surface area (Å²) in [7, 11) is 0. The van der Waals surface area contributed by atoms with E-state index in [2.05, 4.69) is 34.1 Å². The van der Waals surface area contributed by atoms with E-state index in [1.54, 1.807) is 6.07 Å². The predicted molar refractivity (Wildman–Crippen MR) is 100.0 cm³/mol. The van der Waals surface area contributed by atoms with Gasteiger partial charge in [0.05, 0.1) is 5.52 Å². The summed E-state index contributed by atoms with van der Waals surface area (Å²) >= 11 is 0. The van der Waals surface area contributed by atoms with E-state index in [9.17, 15) is 4.79 Å². The largest absolute Gasteiger partial charge is 0.410 e. The zero-order valence-electron chi connectivity index (χ0n) is 14.5. The van der Waals surface area contributed by atoms with Gasteiger partial charge in [-0.2, -0.15) is 0 Å². The number of benzene rings is 2. The van der Waals surface area contributed by atoms with E-state index in [0.717, 1.165) is 43.8 Å². The predicted octanol–water partition coefficient (Wildman–Crippen LogP) is 3.40. The summed E-state index contributed by atoms with van der Waals surface area (Å²) in [5.74, 6) is 1.68. The molecule has 1 amide bonds. The van der Waals surface area contributed by atoms with Gasteiger partial charge in [-0.3, -0.25) is 4.90 Å². The van der Waals surface area contributed by atoms with Gasteiger partial charge in [0.25, 0.3) is 0 Å². The number of rotatable bonds is 4. The molecule has 0 aliphatic carbocycles. The first-order valence-electron chi connectivity index (χ1n) is 8.91. The van der Waals surface area contributed by atoms with Crippen LogP contribution in [-0.2, 0) is 6.54 Å². The number of para-hydroxylation sites is 1. The number of primary amides is 1. The maximum Gasteiger partial charge on any atom is 0.410 e. The number of hydrogen-bond acceptors (Lipinski definition) is 4. The highest BCUT2D eigenvalue weighted by molar-refractivity contribution is 5.84. The number of likely N-dealkylation sites (tertiary alicyclic amines) is 1. The summed E-state index contributed by atoms with van der Waals surface area (Å²) in [6.07, 6.45) is 1.41. The Labute approximate surface area is 152 Å². The third-order valence-electron chi connectivity index (χ3n) is 4.85. The molecule has 0 radical (unpaired) electrons. The number of piperidine rings is 1. The Morgan fingerprint density at radius 2 is 2.08 bits per heavy atom. The van der Waals surface area contributed by atoms with E-state index in [1.807, 2.05) is 18.2 Å². The van der Waals surface area contributed by atoms with Crippen molar-refractivity contribution in [1.29, 1.82) is 0 Å². The highest BCUT2D eigenvalue weighted by Crippen LogP contribution is 2.30. The Balaban J connectivity index is 1.54. The van der Waals surface area contributed by atoms with Crippen molar-refractivity contribution in [2.45, 2.75) is 25.3 Å². The Morgan fingerprint density at radius 3 is 2.88 bits per heavy atom. The lowest BCUT2D eigenvalue weighted by atomic mass is 9.97. The van der Waals surface area contributed by atoms with Crippen molar-refractivity contribution in [3.8, 4) is 5.75 Å². The molecule has 6 heteroatoms. The van der Waals surface area contributed by atoms with Crippen LogP contribution in [0.3, 0.4) is 0 Å². The molecule has 134 valence electrons. The van der Waals surface area contributed by atoms with E-state index < -0.39 is 6.09 Å². The summed E-state index contributed by atoms with van der Waals surface area (Å²) in [4.78, 5) is 21.7. The number of aromatic amines is 1. The van der Waals surface area contributed by atoms with Crippen LogP contribution < -0.4 is 10.5 Å². The van der Waals surface area contributed by atoms with Gasteiger partial charge in [-0.15, -0.1) is 0 Å². The molecule has 2 heterocycles. The molecule has 3 aromatic rings. The molecule has 1 aliphatic rings. The lowest BCUT2D eigenvalue weighted by molar-refractivity contribution is 0.197. The van der Waals surface area contributed by atoms with Gasteiger partial charge in [-0.05, 0) is 37.1 Å². The van der Waals surface area contributed by atoms with Gasteiger partial charge < -0.3 is 15.5 Å². The van der Waals surface area contributed by atoms with E-state index in [1.165, 1.54) is 5.56 Å². The third-order valence-corrected chi connectivity index (χ3v) is 4.85. The number of aromatic nitrogens is 2. The van der Waals surface area contributed by atoms with Crippen LogP contribution in [-0.4, -0.2) is 34.1 Å². The van der Waals surface area contributed by atoms with Crippen molar-refractivity contribution in [3.05, 3.63) is 59.9 Å². The van der Waals surface area contributed by atoms with Crippen LogP contribution >= 0.6 is 0 Å². The standard InChI is InChI=1S/C20H22N4O2/c21-20(25)26-17-10-4-9-16-18(17)23-19(22-16)15-8-5-11-24(13-15)12-14-6-2-1-3-7-14/h1-4,6-7,9-10,15H,5,8,11-13H2,(H2,21,25)(H,22,23). The molecule has 0 bridgehead atoms. The number of nitrogens with one attached hydrogen (secondary N) is 1. The van der Waals surface area contributed by atoms with Gasteiger partial charge in [0.2, 0.25) is 0 Å². The summed E-state index contributed by atoms with van der Waals surface area (Å²) in [6, 6.07) is 16.0. The van der Waals surface area contributed by atoms with Crippen molar-refractivity contribution in [3.63, 3.8) is 0 Å². The minimum absolute atomic E-state index is 0.335. The SMILES string of the molecule is NC(=O)Oc1cccc2[nH]c(C3CCCN(Cc4ccccc4)C3)nc12. The fourth-order valence-corrected chi connectivity index (χ4v) is 3.67. The number of imidazole rings is 1. The van der Waals surface area contributed by atoms with Crippen molar-refractivity contribution in [2.24, 2.45) is 5.73 Å². The van der Waals surface area contributed by atoms with Crippen LogP contribution in [0.4, 0.5) is 4.79 Å². The number of amides is 1. The van der Waals surface area contributed by atoms with Gasteiger partial charge in [0.1, 0.15) is 11.3 Å². The molecule has 26 heavy (non-hydrogen) atoms. The van der Waals surface area contributed by atoms with Gasteiger partial charge >= 0.3 is 6.09 Å². The van der Waals surface area contributed by atoms with Crippen LogP contribution in [0.1, 0.15) is 30.1 Å². The fourth-order valence-electron chi connectivity index (χ4n) is 3.67. The smallest absolute Gasteiger partial charge is 0.408 e. The van der Waals surface area contributed by atoms with Crippen LogP contribution in [0, 0.1) is 0 Å². The summed E-state index contributed by atoms with van der Waals surface area (Å²) in [5, 5.41) is 0. The summed E-state index contributed by atoms with van der Waals surface area (Å²) in [6.45, 7) is 3.01. The normalized spacial score (nSPS) is 18.1. The molecule has 3 N–H and O–H groups in total. The van der Waals surface area contributed by atoms with E-state index in [-0.39, 0.29) is 0 Å². The first kappa shape index (κ1) is 16.6. The van der Waals surface area contributed by atoms with Gasteiger partial charge in [-0.25, -0.2) is 9.78 Å². The van der Waals surface area contributed by atoms with Crippen molar-refractivity contribution < 1.29 is 9.53 Å². The molecular formula is C20H22N4O2. The van der Waals surface area contributed by atoms with Gasteiger partial charge in [-0.1, -0.05) is 36.4 Å². The molecule has 1 aromatic heterocycles. The quantitative estimate of drug-likeness (QED) is 0.755. The number of fused-ring (bicyclic) bond motifs is 1. The van der Waals surface area contributed by atoms with Crippen molar-refractivity contribution >= 4 is 17.1 Å². The van der Waals surface area contributed by atoms with Gasteiger partial charge in [0.15, 0.2) is 5.75 Å². The summed E-state index contributed by atoms with van der Waals surface area (Å²) < 4.78 is 5.07. The number of nitrogens with two attached hydrogens (primary N) is 1. The average Bonchev–Trinajstić information content (AvgIpc) is 3.08. The van der Waals surface area contributed by atoms with E-state index >= 15 is 0 Å². The second-order valence-corrected chi connectivity index (χ2v) is 6.76. The Bertz CT molecular complexity index is 907. The number of carbonyl (C=O) groups excluding carboxylic acids is 1. The molecule has 1 fully saturated rings. The van der Waals surface area contributed by atoms with E-state index in [4.69, 9.17) is 15.5 Å². The molecule has 1 unspecified atom stereocenters. The molecule has 2 aromatic carbocycles. The van der Waals surface area contributed by atoms with Crippen LogP contribution in [0.2, 0.25) is 0 Å². The van der Waals surface area contributed by atoms with E-state index in [0.29, 0.717) is 17.2 Å². The Kier molecular flexibility index (Phi) is 4.58. The number of nitrogens with zero attached hydrogens (tertiary/aromatic N) is 2. The molecule has 4 rings (SSSR count). The molecular weight excluding hydrogens is 328 g/mol. The highest BCUT2D eigenvalue weighted by atomic mass is 16.5. The highest BCUT2D eigenvalue weighted by Gasteiger charge is 2.24. The lowest BCUT2D eigenvalue weighted by Crippen LogP contribution is -2.34. The number of H-pyrrole nitrogens is 1. The average molecular weight is 350 g/mol. The topological polar surface area (TPSA) is 84.2 Å². The number of hydrogen-bond donors (Lipinski definition) is 2. The molecule has 1 saturated heterocycles. The first-order valence-corrected chi connectivity index (χ1v) is 8.91. The molecule has 1 aliphatic heterocycles. The summed E-state index contributed by atoms with van der Waals surface area (Å²) in [5.41, 5.74) is 7.99. The number of ether oxygens (including phenoxy) is 1. The molecule has 6 nitrogen and oxygen atoms in total. The van der Waals surface area contributed by atoms with Crippen LogP contribution in [0.5, 0.6) is 5.75 Å². The minimum Gasteiger partial charge on any atom is -0.408 e. The van der Waals surface area contributed by atoms with Crippen molar-refractivity contribution in [2.75, 3.05) is 13.1 Å². The zero-order chi connectivity index (χ0) is 17.9. The minimum atomic E-state index is -0.825. The molecule has 0 saturated carbocycles. The first-order chi connectivity index (χ1) is 12.7.